The van der Waals surface area contributed by atoms with Crippen molar-refractivity contribution in [3.63, 3.8) is 0 Å². The first-order valence-electron chi connectivity index (χ1n) is 9.94. The zero-order valence-corrected chi connectivity index (χ0v) is 16.9. The highest BCUT2D eigenvalue weighted by molar-refractivity contribution is 6.45. The molecule has 2 aromatic rings. The standard InChI is InChI=1S/C22H21N3O6/c1-2-31-18-9-7-16(8-10-18)24-21(26)19(15-3-5-17(6-4-15)25(28)29)20(22(24)27)23-11-13-30-14-12-23/h3-10H,2,11-14H2,1H3. The van der Waals surface area contributed by atoms with Gasteiger partial charge in [-0.25, -0.2) is 4.90 Å². The van der Waals surface area contributed by atoms with Gasteiger partial charge in [-0.05, 0) is 48.9 Å². The van der Waals surface area contributed by atoms with E-state index < -0.39 is 16.7 Å². The summed E-state index contributed by atoms with van der Waals surface area (Å²) in [5.74, 6) is -0.254. The Bertz CT molecular complexity index is 1040. The van der Waals surface area contributed by atoms with Crippen LogP contribution in [0.2, 0.25) is 0 Å². The van der Waals surface area contributed by atoms with Crippen LogP contribution in [-0.4, -0.2) is 54.5 Å². The first kappa shape index (κ1) is 20.5. The summed E-state index contributed by atoms with van der Waals surface area (Å²) < 4.78 is 10.8. The normalized spacial score (nSPS) is 16.8. The largest absolute Gasteiger partial charge is 0.494 e. The van der Waals surface area contributed by atoms with Crippen molar-refractivity contribution in [1.29, 1.82) is 0 Å². The highest BCUT2D eigenvalue weighted by Gasteiger charge is 2.42. The molecule has 31 heavy (non-hydrogen) atoms. The molecule has 0 bridgehead atoms. The lowest BCUT2D eigenvalue weighted by Crippen LogP contribution is -2.40. The van der Waals surface area contributed by atoms with Crippen molar-refractivity contribution < 1.29 is 24.0 Å². The van der Waals surface area contributed by atoms with Crippen LogP contribution in [0.4, 0.5) is 11.4 Å². The fourth-order valence-electron chi connectivity index (χ4n) is 3.70. The zero-order valence-electron chi connectivity index (χ0n) is 16.9. The average Bonchev–Trinajstić information content (AvgIpc) is 3.05. The van der Waals surface area contributed by atoms with Crippen LogP contribution in [0.1, 0.15) is 12.5 Å². The zero-order chi connectivity index (χ0) is 22.0. The summed E-state index contributed by atoms with van der Waals surface area (Å²) in [6.45, 7) is 4.22. The molecule has 9 heteroatoms. The minimum absolute atomic E-state index is 0.0857. The van der Waals surface area contributed by atoms with Crippen molar-refractivity contribution in [1.82, 2.24) is 4.90 Å². The van der Waals surface area contributed by atoms with E-state index in [1.54, 1.807) is 24.3 Å². The van der Waals surface area contributed by atoms with Crippen molar-refractivity contribution >= 4 is 28.8 Å². The first-order valence-corrected chi connectivity index (χ1v) is 9.94. The maximum atomic E-state index is 13.4. The Morgan fingerprint density at radius 3 is 2.23 bits per heavy atom. The summed E-state index contributed by atoms with van der Waals surface area (Å²) in [6.07, 6.45) is 0. The summed E-state index contributed by atoms with van der Waals surface area (Å²) in [6, 6.07) is 12.4. The second-order valence-corrected chi connectivity index (χ2v) is 7.00. The van der Waals surface area contributed by atoms with Crippen LogP contribution in [0.25, 0.3) is 5.57 Å². The molecule has 0 saturated carbocycles. The number of imide groups is 1. The minimum Gasteiger partial charge on any atom is -0.494 e. The van der Waals surface area contributed by atoms with Gasteiger partial charge < -0.3 is 14.4 Å². The van der Waals surface area contributed by atoms with Crippen molar-refractivity contribution in [3.05, 3.63) is 69.9 Å². The molecule has 0 aromatic heterocycles. The van der Waals surface area contributed by atoms with Crippen LogP contribution in [0.15, 0.2) is 54.2 Å². The third-order valence-electron chi connectivity index (χ3n) is 5.16. The van der Waals surface area contributed by atoms with Crippen LogP contribution in [0, 0.1) is 10.1 Å². The SMILES string of the molecule is CCOc1ccc(N2C(=O)C(c3ccc([N+](=O)[O-])cc3)=C(N3CCOCC3)C2=O)cc1. The van der Waals surface area contributed by atoms with E-state index in [-0.39, 0.29) is 17.0 Å². The number of amides is 2. The summed E-state index contributed by atoms with van der Waals surface area (Å²) in [5, 5.41) is 11.0. The smallest absolute Gasteiger partial charge is 0.282 e. The molecular weight excluding hydrogens is 402 g/mol. The van der Waals surface area contributed by atoms with Crippen molar-refractivity contribution in [2.75, 3.05) is 37.8 Å². The van der Waals surface area contributed by atoms with E-state index in [2.05, 4.69) is 0 Å². The summed E-state index contributed by atoms with van der Waals surface area (Å²) in [7, 11) is 0. The maximum Gasteiger partial charge on any atom is 0.282 e. The third-order valence-corrected chi connectivity index (χ3v) is 5.16. The van der Waals surface area contributed by atoms with E-state index in [0.717, 1.165) is 4.90 Å². The molecule has 1 fully saturated rings. The number of carbonyl (C=O) groups excluding carboxylic acids is 2. The van der Waals surface area contributed by atoms with Gasteiger partial charge in [-0.3, -0.25) is 19.7 Å². The number of nitro benzene ring substituents is 1. The number of non-ortho nitro benzene ring substituents is 1. The molecule has 0 N–H and O–H groups in total. The first-order chi connectivity index (χ1) is 15.0. The Morgan fingerprint density at radius 2 is 1.65 bits per heavy atom. The highest BCUT2D eigenvalue weighted by atomic mass is 16.6. The Morgan fingerprint density at radius 1 is 1.00 bits per heavy atom. The van der Waals surface area contributed by atoms with Gasteiger partial charge in [0.25, 0.3) is 17.5 Å². The van der Waals surface area contributed by atoms with E-state index >= 15 is 0 Å². The molecule has 0 atom stereocenters. The Balaban J connectivity index is 1.75. The summed E-state index contributed by atoms with van der Waals surface area (Å²) in [5.41, 5.74) is 1.32. The number of hydrogen-bond acceptors (Lipinski definition) is 7. The lowest BCUT2D eigenvalue weighted by Gasteiger charge is -2.29. The van der Waals surface area contributed by atoms with Gasteiger partial charge in [0.1, 0.15) is 11.4 Å². The third kappa shape index (κ3) is 3.87. The fourth-order valence-corrected chi connectivity index (χ4v) is 3.70. The van der Waals surface area contributed by atoms with Crippen molar-refractivity contribution in [3.8, 4) is 5.75 Å². The molecular formula is C22H21N3O6. The second-order valence-electron chi connectivity index (χ2n) is 7.00. The average molecular weight is 423 g/mol. The van der Waals surface area contributed by atoms with E-state index in [1.165, 1.54) is 24.3 Å². The van der Waals surface area contributed by atoms with Crippen LogP contribution in [0.5, 0.6) is 5.75 Å². The van der Waals surface area contributed by atoms with Crippen LogP contribution >= 0.6 is 0 Å². The topological polar surface area (TPSA) is 102 Å². The predicted octanol–water partition coefficient (Wildman–Crippen LogP) is 2.61. The Kier molecular flexibility index (Phi) is 5.68. The molecule has 0 unspecified atom stereocenters. The molecule has 2 amide bonds. The summed E-state index contributed by atoms with van der Waals surface area (Å²) in [4.78, 5) is 40.3. The van der Waals surface area contributed by atoms with Gasteiger partial charge in [-0.2, -0.15) is 0 Å². The molecule has 4 rings (SSSR count). The van der Waals surface area contributed by atoms with Crippen LogP contribution in [-0.2, 0) is 14.3 Å². The van der Waals surface area contributed by atoms with Gasteiger partial charge in [-0.1, -0.05) is 0 Å². The van der Waals surface area contributed by atoms with E-state index in [9.17, 15) is 19.7 Å². The number of morpholine rings is 1. The van der Waals surface area contributed by atoms with E-state index in [4.69, 9.17) is 9.47 Å². The number of ether oxygens (including phenoxy) is 2. The monoisotopic (exact) mass is 423 g/mol. The van der Waals surface area contributed by atoms with Gasteiger partial charge in [-0.15, -0.1) is 0 Å². The molecule has 9 nitrogen and oxygen atoms in total. The van der Waals surface area contributed by atoms with Crippen LogP contribution < -0.4 is 9.64 Å². The number of nitro groups is 1. The van der Waals surface area contributed by atoms with Crippen molar-refractivity contribution in [2.45, 2.75) is 6.92 Å². The molecule has 2 aromatic carbocycles. The van der Waals surface area contributed by atoms with Gasteiger partial charge in [0.2, 0.25) is 0 Å². The molecule has 0 radical (unpaired) electrons. The number of hydrogen-bond donors (Lipinski definition) is 0. The van der Waals surface area contributed by atoms with Crippen LogP contribution in [0.3, 0.4) is 0 Å². The lowest BCUT2D eigenvalue weighted by molar-refractivity contribution is -0.384. The predicted molar refractivity (Wildman–Crippen MR) is 113 cm³/mol. The minimum atomic E-state index is -0.505. The number of anilines is 1. The van der Waals surface area contributed by atoms with Gasteiger partial charge in [0.15, 0.2) is 0 Å². The second kappa shape index (κ2) is 8.57. The van der Waals surface area contributed by atoms with Gasteiger partial charge >= 0.3 is 0 Å². The quantitative estimate of drug-likeness (QED) is 0.400. The van der Waals surface area contributed by atoms with Crippen molar-refractivity contribution in [2.24, 2.45) is 0 Å². The van der Waals surface area contributed by atoms with E-state index in [1.807, 2.05) is 11.8 Å². The maximum absolute atomic E-state index is 13.4. The van der Waals surface area contributed by atoms with Gasteiger partial charge in [0.05, 0.1) is 36.0 Å². The molecule has 2 heterocycles. The fraction of sp³-hybridized carbons (Fsp3) is 0.273. The molecule has 1 saturated heterocycles. The molecule has 0 spiro atoms. The number of carbonyl (C=O) groups is 2. The molecule has 160 valence electrons. The number of rotatable bonds is 6. The van der Waals surface area contributed by atoms with Gasteiger partial charge in [0, 0.05) is 25.2 Å². The molecule has 2 aliphatic heterocycles. The number of benzene rings is 2. The summed E-state index contributed by atoms with van der Waals surface area (Å²) >= 11 is 0. The Labute approximate surface area is 178 Å². The highest BCUT2D eigenvalue weighted by Crippen LogP contribution is 2.36. The molecule has 0 aliphatic carbocycles. The van der Waals surface area contributed by atoms with E-state index in [0.29, 0.717) is 49.9 Å². The molecule has 2 aliphatic rings. The Hall–Kier alpha value is -3.72. The number of nitrogens with zero attached hydrogens (tertiary/aromatic N) is 3. The lowest BCUT2D eigenvalue weighted by atomic mass is 10.0.